The van der Waals surface area contributed by atoms with E-state index in [-0.39, 0.29) is 11.7 Å². The summed E-state index contributed by atoms with van der Waals surface area (Å²) in [6.07, 6.45) is 7.86. The second kappa shape index (κ2) is 9.25. The molecule has 0 atom stereocenters. The molecule has 1 fully saturated rings. The Morgan fingerprint density at radius 2 is 1.92 bits per heavy atom. The quantitative estimate of drug-likeness (QED) is 0.775. The molecule has 0 heterocycles. The molecular formula is C20H29ClN2O2. The van der Waals surface area contributed by atoms with E-state index < -0.39 is 0 Å². The van der Waals surface area contributed by atoms with Crippen molar-refractivity contribution in [3.63, 3.8) is 0 Å². The normalized spacial score (nSPS) is 21.0. The molecule has 1 aliphatic carbocycles. The topological polar surface area (TPSA) is 43.8 Å². The molecule has 1 aromatic carbocycles. The van der Waals surface area contributed by atoms with Gasteiger partial charge in [0.25, 0.3) is 0 Å². The fourth-order valence-corrected chi connectivity index (χ4v) is 3.48. The third-order valence-corrected chi connectivity index (χ3v) is 5.21. The number of carbonyl (C=O) groups excluding carboxylic acids is 1. The number of phenolic OH excluding ortho intramolecular Hbond substituents is 1. The van der Waals surface area contributed by atoms with Crippen LogP contribution in [-0.4, -0.2) is 54.0 Å². The molecule has 5 heteroatoms. The predicted molar refractivity (Wildman–Crippen MR) is 104 cm³/mol. The molecular weight excluding hydrogens is 336 g/mol. The number of phenols is 1. The highest BCUT2D eigenvalue weighted by molar-refractivity contribution is 6.32. The van der Waals surface area contributed by atoms with Crippen LogP contribution in [0.15, 0.2) is 24.3 Å². The molecule has 1 saturated carbocycles. The zero-order valence-electron chi connectivity index (χ0n) is 15.4. The fourth-order valence-electron chi connectivity index (χ4n) is 3.24. The molecule has 2 rings (SSSR count). The van der Waals surface area contributed by atoms with Crippen molar-refractivity contribution < 1.29 is 9.90 Å². The first-order chi connectivity index (χ1) is 11.9. The molecule has 138 valence electrons. The van der Waals surface area contributed by atoms with Gasteiger partial charge in [-0.25, -0.2) is 0 Å². The monoisotopic (exact) mass is 364 g/mol. The molecule has 0 spiro atoms. The number of hydrogen-bond acceptors (Lipinski definition) is 3. The number of aromatic hydroxyl groups is 1. The van der Waals surface area contributed by atoms with Crippen molar-refractivity contribution in [3.05, 3.63) is 34.9 Å². The molecule has 1 aliphatic rings. The van der Waals surface area contributed by atoms with Gasteiger partial charge in [-0.2, -0.15) is 0 Å². The number of halogens is 1. The molecule has 1 N–H and O–H groups in total. The molecule has 4 nitrogen and oxygen atoms in total. The van der Waals surface area contributed by atoms with Crippen LogP contribution in [0.5, 0.6) is 5.75 Å². The largest absolute Gasteiger partial charge is 0.508 e. The Labute approximate surface area is 156 Å². The smallest absolute Gasteiger partial charge is 0.246 e. The first kappa shape index (κ1) is 19.8. The van der Waals surface area contributed by atoms with Crippen molar-refractivity contribution in [2.24, 2.45) is 5.92 Å². The third-order valence-electron chi connectivity index (χ3n) is 4.89. The summed E-state index contributed by atoms with van der Waals surface area (Å²) in [5, 5.41) is 9.87. The van der Waals surface area contributed by atoms with Crippen molar-refractivity contribution in [1.29, 1.82) is 0 Å². The minimum atomic E-state index is 0.0329. The molecule has 1 aromatic rings. The Balaban J connectivity index is 2.09. The Bertz CT molecular complexity index is 608. The highest BCUT2D eigenvalue weighted by Crippen LogP contribution is 2.28. The summed E-state index contributed by atoms with van der Waals surface area (Å²) in [4.78, 5) is 16.9. The molecule has 0 bridgehead atoms. The summed E-state index contributed by atoms with van der Waals surface area (Å²) < 4.78 is 0. The van der Waals surface area contributed by atoms with E-state index in [2.05, 4.69) is 11.8 Å². The maximum Gasteiger partial charge on any atom is 0.246 e. The van der Waals surface area contributed by atoms with E-state index in [1.165, 1.54) is 18.9 Å². The lowest BCUT2D eigenvalue weighted by Crippen LogP contribution is -2.44. The maximum atomic E-state index is 12.8. The van der Waals surface area contributed by atoms with Gasteiger partial charge in [0.1, 0.15) is 5.75 Å². The Morgan fingerprint density at radius 3 is 2.52 bits per heavy atom. The van der Waals surface area contributed by atoms with E-state index in [1.807, 2.05) is 19.0 Å². The van der Waals surface area contributed by atoms with Crippen LogP contribution in [0, 0.1) is 5.92 Å². The van der Waals surface area contributed by atoms with E-state index in [0.717, 1.165) is 37.4 Å². The highest BCUT2D eigenvalue weighted by atomic mass is 35.5. The van der Waals surface area contributed by atoms with Crippen LogP contribution in [0.2, 0.25) is 5.02 Å². The van der Waals surface area contributed by atoms with Gasteiger partial charge in [0.05, 0.1) is 5.02 Å². The molecule has 0 aromatic heterocycles. The minimum absolute atomic E-state index is 0.0329. The van der Waals surface area contributed by atoms with Crippen LogP contribution in [-0.2, 0) is 4.79 Å². The van der Waals surface area contributed by atoms with E-state index in [0.29, 0.717) is 11.1 Å². The summed E-state index contributed by atoms with van der Waals surface area (Å²) >= 11 is 6.12. The van der Waals surface area contributed by atoms with Crippen LogP contribution in [0.3, 0.4) is 0 Å². The molecule has 25 heavy (non-hydrogen) atoms. The first-order valence-corrected chi connectivity index (χ1v) is 9.36. The van der Waals surface area contributed by atoms with Crippen LogP contribution in [0.4, 0.5) is 0 Å². The van der Waals surface area contributed by atoms with Crippen molar-refractivity contribution >= 4 is 23.6 Å². The van der Waals surface area contributed by atoms with Gasteiger partial charge in [-0.05, 0) is 75.5 Å². The molecule has 0 aliphatic heterocycles. The van der Waals surface area contributed by atoms with Gasteiger partial charge in [-0.1, -0.05) is 18.5 Å². The lowest BCUT2D eigenvalue weighted by atomic mass is 9.86. The number of amides is 1. The van der Waals surface area contributed by atoms with Crippen LogP contribution in [0.25, 0.3) is 6.08 Å². The second-order valence-electron chi connectivity index (χ2n) is 7.29. The molecule has 0 radical (unpaired) electrons. The minimum Gasteiger partial charge on any atom is -0.508 e. The average molecular weight is 365 g/mol. The number of nitrogens with zero attached hydrogens (tertiary/aromatic N) is 2. The van der Waals surface area contributed by atoms with E-state index >= 15 is 0 Å². The Hall–Kier alpha value is -1.52. The zero-order valence-corrected chi connectivity index (χ0v) is 16.2. The first-order valence-electron chi connectivity index (χ1n) is 8.98. The van der Waals surface area contributed by atoms with Gasteiger partial charge < -0.3 is 14.9 Å². The summed E-state index contributed by atoms with van der Waals surface area (Å²) in [5.74, 6) is 0.913. The summed E-state index contributed by atoms with van der Waals surface area (Å²) in [5.41, 5.74) is 0.734. The van der Waals surface area contributed by atoms with E-state index in [4.69, 9.17) is 11.6 Å². The number of hydrogen-bond donors (Lipinski definition) is 1. The predicted octanol–water partition coefficient (Wildman–Crippen LogP) is 4.03. The van der Waals surface area contributed by atoms with Crippen molar-refractivity contribution in [2.75, 3.05) is 27.2 Å². The van der Waals surface area contributed by atoms with Gasteiger partial charge in [0, 0.05) is 25.2 Å². The zero-order chi connectivity index (χ0) is 18.4. The number of carbonyl (C=O) groups is 1. The number of rotatable bonds is 6. The summed E-state index contributed by atoms with van der Waals surface area (Å²) in [7, 11) is 4.05. The Kier molecular flexibility index (Phi) is 7.33. The van der Waals surface area contributed by atoms with Gasteiger partial charge in [0.2, 0.25) is 5.91 Å². The van der Waals surface area contributed by atoms with Gasteiger partial charge in [-0.3, -0.25) is 4.79 Å². The van der Waals surface area contributed by atoms with Crippen LogP contribution < -0.4 is 0 Å². The van der Waals surface area contributed by atoms with E-state index in [1.54, 1.807) is 24.3 Å². The maximum absolute atomic E-state index is 12.8. The lowest BCUT2D eigenvalue weighted by Gasteiger charge is -2.36. The second-order valence-corrected chi connectivity index (χ2v) is 7.69. The van der Waals surface area contributed by atoms with Crippen LogP contribution >= 0.6 is 11.6 Å². The summed E-state index contributed by atoms with van der Waals surface area (Å²) in [6.45, 7) is 3.87. The standard InChI is InChI=1S/C20H29ClN2O2/c1-15-4-8-17(9-5-15)23(13-12-22(2)3)20(25)11-7-16-6-10-18(24)14-19(16)21/h6-7,10-11,14-15,17,24H,4-5,8-9,12-13H2,1-3H3. The molecule has 0 saturated heterocycles. The fraction of sp³-hybridized carbons (Fsp3) is 0.550. The molecule has 1 amide bonds. The highest BCUT2D eigenvalue weighted by Gasteiger charge is 2.26. The number of likely N-dealkylation sites (N-methyl/N-ethyl adjacent to an activating group) is 1. The van der Waals surface area contributed by atoms with Gasteiger partial charge in [-0.15, -0.1) is 0 Å². The SMILES string of the molecule is CC1CCC(N(CCN(C)C)C(=O)C=Cc2ccc(O)cc2Cl)CC1. The summed E-state index contributed by atoms with van der Waals surface area (Å²) in [6, 6.07) is 5.09. The Morgan fingerprint density at radius 1 is 1.24 bits per heavy atom. The lowest BCUT2D eigenvalue weighted by molar-refractivity contribution is -0.129. The van der Waals surface area contributed by atoms with Gasteiger partial charge >= 0.3 is 0 Å². The van der Waals surface area contributed by atoms with E-state index in [9.17, 15) is 9.90 Å². The third kappa shape index (κ3) is 6.05. The average Bonchev–Trinajstić information content (AvgIpc) is 2.55. The van der Waals surface area contributed by atoms with Crippen molar-refractivity contribution in [1.82, 2.24) is 9.80 Å². The van der Waals surface area contributed by atoms with Gasteiger partial charge in [0.15, 0.2) is 0 Å². The molecule has 0 unspecified atom stereocenters. The van der Waals surface area contributed by atoms with Crippen molar-refractivity contribution in [3.8, 4) is 5.75 Å². The van der Waals surface area contributed by atoms with Crippen molar-refractivity contribution in [2.45, 2.75) is 38.6 Å². The van der Waals surface area contributed by atoms with Crippen LogP contribution in [0.1, 0.15) is 38.2 Å². The number of benzene rings is 1.